The molecule has 0 bridgehead atoms. The summed E-state index contributed by atoms with van der Waals surface area (Å²) in [4.78, 5) is 2.61. The van der Waals surface area contributed by atoms with Crippen LogP contribution in [0, 0.1) is 17.8 Å². The highest BCUT2D eigenvalue weighted by Gasteiger charge is 2.45. The Labute approximate surface area is 403 Å². The van der Waals surface area contributed by atoms with E-state index in [0.717, 1.165) is 82.8 Å². The van der Waals surface area contributed by atoms with Crippen LogP contribution < -0.4 is 20.9 Å². The normalized spacial score (nSPS) is 31.7. The Morgan fingerprint density at radius 3 is 2.31 bits per heavy atom. The van der Waals surface area contributed by atoms with E-state index in [1.54, 1.807) is 5.57 Å². The fourth-order valence-corrected chi connectivity index (χ4v) is 13.5. The minimum absolute atomic E-state index is 0.0184. The largest absolute Gasteiger partial charge is 0.485 e. The summed E-state index contributed by atoms with van der Waals surface area (Å²) in [5.41, 5.74) is 19.9. The van der Waals surface area contributed by atoms with Crippen molar-refractivity contribution in [3.63, 3.8) is 0 Å². The summed E-state index contributed by atoms with van der Waals surface area (Å²) < 4.78 is 7.16. The highest BCUT2D eigenvalue weighted by Crippen LogP contribution is 2.53. The third-order valence-corrected chi connectivity index (χ3v) is 16.8. The van der Waals surface area contributed by atoms with Crippen molar-refractivity contribution in [2.45, 2.75) is 114 Å². The Bertz CT molecular complexity index is 2860. The van der Waals surface area contributed by atoms with Crippen LogP contribution in [0.25, 0.3) is 0 Å². The maximum absolute atomic E-state index is 7.16. The second-order valence-electron chi connectivity index (χ2n) is 20.6. The van der Waals surface area contributed by atoms with E-state index >= 15 is 0 Å². The van der Waals surface area contributed by atoms with Crippen molar-refractivity contribution in [1.29, 1.82) is 0 Å². The van der Waals surface area contributed by atoms with Crippen LogP contribution in [0.15, 0.2) is 237 Å². The zero-order chi connectivity index (χ0) is 45.0. The number of benzene rings is 2. The molecule has 0 saturated carbocycles. The van der Waals surface area contributed by atoms with Crippen molar-refractivity contribution in [3.05, 3.63) is 242 Å². The molecule has 11 aliphatic rings. The Balaban J connectivity index is 0.926. The van der Waals surface area contributed by atoms with Crippen LogP contribution in [0.3, 0.4) is 0 Å². The van der Waals surface area contributed by atoms with E-state index < -0.39 is 0 Å². The van der Waals surface area contributed by atoms with Gasteiger partial charge in [0.2, 0.25) is 0 Å². The number of fused-ring (bicyclic) bond motifs is 4. The van der Waals surface area contributed by atoms with Gasteiger partial charge in [0, 0.05) is 29.0 Å². The van der Waals surface area contributed by atoms with Crippen LogP contribution in [-0.2, 0) is 4.74 Å². The molecule has 0 spiro atoms. The third-order valence-electron chi connectivity index (χ3n) is 16.8. The number of allylic oxidation sites excluding steroid dienone is 21. The number of nitrogens with zero attached hydrogens (tertiary/aromatic N) is 1. The smallest absolute Gasteiger partial charge is 0.128 e. The first-order chi connectivity index (χ1) is 33.7. The highest BCUT2D eigenvalue weighted by atomic mass is 16.5. The summed E-state index contributed by atoms with van der Waals surface area (Å²) >= 11 is 0. The fourth-order valence-electron chi connectivity index (χ4n) is 13.5. The van der Waals surface area contributed by atoms with Crippen LogP contribution >= 0.6 is 0 Å². The van der Waals surface area contributed by atoms with Gasteiger partial charge < -0.3 is 9.64 Å². The molecule has 5 heteroatoms. The van der Waals surface area contributed by atoms with Gasteiger partial charge in [-0.1, -0.05) is 140 Å². The van der Waals surface area contributed by atoms with Crippen LogP contribution in [-0.4, -0.2) is 24.5 Å². The summed E-state index contributed by atoms with van der Waals surface area (Å²) in [6, 6.07) is 22.4. The van der Waals surface area contributed by atoms with E-state index in [4.69, 9.17) is 4.74 Å². The number of nitrogens with one attached hydrogen (secondary N) is 3. The predicted octanol–water partition coefficient (Wildman–Crippen LogP) is 13.5. The van der Waals surface area contributed by atoms with E-state index in [9.17, 15) is 0 Å². The molecule has 8 aliphatic carbocycles. The number of hydrogen-bond donors (Lipinski definition) is 3. The van der Waals surface area contributed by atoms with Crippen molar-refractivity contribution < 1.29 is 4.74 Å². The molecular weight excluding hydrogens is 829 g/mol. The maximum atomic E-state index is 7.16. The molecule has 3 N–H and O–H groups in total. The van der Waals surface area contributed by atoms with E-state index in [1.165, 1.54) is 79.1 Å². The summed E-state index contributed by atoms with van der Waals surface area (Å²) in [6.45, 7) is 0. The first-order valence-electron chi connectivity index (χ1n) is 26.0. The molecule has 0 radical (unpaired) electrons. The minimum Gasteiger partial charge on any atom is -0.485 e. The van der Waals surface area contributed by atoms with Gasteiger partial charge >= 0.3 is 0 Å². The Morgan fingerprint density at radius 2 is 1.47 bits per heavy atom. The monoisotopic (exact) mass is 893 g/mol. The molecular formula is C63H64N4O. The van der Waals surface area contributed by atoms with Crippen molar-refractivity contribution in [1.82, 2.24) is 16.0 Å². The fraction of sp³-hybridized carbons (Fsp3) is 0.333. The van der Waals surface area contributed by atoms with E-state index in [-0.39, 0.29) is 24.6 Å². The first-order valence-corrected chi connectivity index (χ1v) is 26.0. The van der Waals surface area contributed by atoms with Gasteiger partial charge in [0.15, 0.2) is 0 Å². The van der Waals surface area contributed by atoms with Gasteiger partial charge in [-0.25, -0.2) is 0 Å². The molecule has 8 unspecified atom stereocenters. The van der Waals surface area contributed by atoms with Crippen molar-refractivity contribution in [2.75, 3.05) is 4.90 Å². The van der Waals surface area contributed by atoms with Gasteiger partial charge in [0.05, 0.1) is 24.5 Å². The van der Waals surface area contributed by atoms with Crippen LogP contribution in [0.1, 0.15) is 95.2 Å². The molecule has 3 aliphatic heterocycles. The molecule has 342 valence electrons. The first kappa shape index (κ1) is 42.1. The molecule has 0 amide bonds. The summed E-state index contributed by atoms with van der Waals surface area (Å²) in [6.07, 6.45) is 55.0. The standard InChI is InChI=1S/C63H64N4O/c1-6-19-41(20-7-1)49-30-18-31-50(42-21-8-2-9-22-42)60(49)46-34-35-48(55(37-46)63-65-61(43-23-10-3-11-24-43)64-62(66-63)44-25-12-4-13-26-44)45-33-36-52-54-39-57-53(40-59(54)68-58(52)38-45)51-29-16-17-32-56(51)67(57)47-27-14-5-15-28-47/h1,3-8,10-12,14-19,21-24,27-29,31,37-39,41,44,49,56,59,61-66H,2,9,13,20,25-26,30,32-36,40H2. The van der Waals surface area contributed by atoms with Gasteiger partial charge in [-0.05, 0) is 175 Å². The molecule has 1 fully saturated rings. The molecule has 3 heterocycles. The van der Waals surface area contributed by atoms with Gasteiger partial charge in [-0.2, -0.15) is 0 Å². The molecule has 68 heavy (non-hydrogen) atoms. The number of rotatable bonds is 8. The summed E-state index contributed by atoms with van der Waals surface area (Å²) in [7, 11) is 0. The lowest BCUT2D eigenvalue weighted by Crippen LogP contribution is -2.66. The summed E-state index contributed by atoms with van der Waals surface area (Å²) in [5.74, 6) is 2.53. The Hall–Kier alpha value is -5.98. The SMILES string of the molecule is C1=CCC(C2CC=CC(C3=CCCC=C3)=C2C2=CC(C3NC(c4ccccc4)NC(C4CC=CCC4)N3)=C(C3=CC4=C(CC3)C3=CC5=C(CC3O4)C3=CC=CCC3N5c3ccccc3)CC2)C=C1. The number of ether oxygens (including phenoxy) is 1. The lowest BCUT2D eigenvalue weighted by Gasteiger charge is -2.44. The average molecular weight is 893 g/mol. The quantitative estimate of drug-likeness (QED) is 0.231. The van der Waals surface area contributed by atoms with E-state index in [1.807, 2.05) is 0 Å². The molecule has 5 nitrogen and oxygen atoms in total. The van der Waals surface area contributed by atoms with E-state index in [2.05, 4.69) is 185 Å². The summed E-state index contributed by atoms with van der Waals surface area (Å²) in [5, 5.41) is 12.5. The number of hydrogen-bond acceptors (Lipinski definition) is 5. The zero-order valence-corrected chi connectivity index (χ0v) is 39.3. The van der Waals surface area contributed by atoms with Gasteiger partial charge in [-0.15, -0.1) is 0 Å². The second kappa shape index (κ2) is 18.2. The van der Waals surface area contributed by atoms with Gasteiger partial charge in [0.1, 0.15) is 11.9 Å². The van der Waals surface area contributed by atoms with E-state index in [0.29, 0.717) is 23.8 Å². The third kappa shape index (κ3) is 7.68. The Kier molecular flexibility index (Phi) is 11.3. The zero-order valence-electron chi connectivity index (χ0n) is 39.3. The number of para-hydroxylation sites is 1. The molecule has 2 aromatic carbocycles. The second-order valence-corrected chi connectivity index (χ2v) is 20.6. The number of anilines is 1. The van der Waals surface area contributed by atoms with Gasteiger partial charge in [-0.3, -0.25) is 16.0 Å². The lowest BCUT2D eigenvalue weighted by molar-refractivity contribution is 0.162. The lowest BCUT2D eigenvalue weighted by atomic mass is 9.69. The minimum atomic E-state index is -0.0384. The molecule has 0 aromatic heterocycles. The predicted molar refractivity (Wildman–Crippen MR) is 278 cm³/mol. The molecule has 13 rings (SSSR count). The van der Waals surface area contributed by atoms with Crippen LogP contribution in [0.2, 0.25) is 0 Å². The molecule has 2 aromatic rings. The van der Waals surface area contributed by atoms with Crippen molar-refractivity contribution in [3.8, 4) is 0 Å². The maximum Gasteiger partial charge on any atom is 0.128 e. The Morgan fingerprint density at radius 1 is 0.618 bits per heavy atom. The molecule has 1 saturated heterocycles. The van der Waals surface area contributed by atoms with Crippen molar-refractivity contribution >= 4 is 5.69 Å². The highest BCUT2D eigenvalue weighted by molar-refractivity contribution is 5.72. The molecule has 8 atom stereocenters. The van der Waals surface area contributed by atoms with Crippen LogP contribution in [0.5, 0.6) is 0 Å². The topological polar surface area (TPSA) is 48.6 Å². The van der Waals surface area contributed by atoms with Crippen molar-refractivity contribution in [2.24, 2.45) is 17.8 Å². The van der Waals surface area contributed by atoms with Gasteiger partial charge in [0.25, 0.3) is 0 Å². The average Bonchev–Trinajstić information content (AvgIpc) is 3.95. The van der Waals surface area contributed by atoms with Crippen LogP contribution in [0.4, 0.5) is 5.69 Å².